The maximum atomic E-state index is 12.2. The first-order valence-electron chi connectivity index (χ1n) is 5.47. The van der Waals surface area contributed by atoms with Gasteiger partial charge in [0, 0.05) is 24.3 Å². The molecule has 1 rings (SSSR count). The first kappa shape index (κ1) is 13.0. The van der Waals surface area contributed by atoms with Crippen molar-refractivity contribution in [3.63, 3.8) is 0 Å². The summed E-state index contributed by atoms with van der Waals surface area (Å²) in [5.41, 5.74) is 7.97. The summed E-state index contributed by atoms with van der Waals surface area (Å²) in [4.78, 5) is 13.8. The van der Waals surface area contributed by atoms with Gasteiger partial charge in [-0.2, -0.15) is 0 Å². The molecule has 0 saturated carbocycles. The van der Waals surface area contributed by atoms with E-state index in [4.69, 9.17) is 5.73 Å². The lowest BCUT2D eigenvalue weighted by Crippen LogP contribution is -2.31. The molecular weight excluding hydrogens is 212 g/mol. The number of carbonyl (C=O) groups excluding carboxylic acids is 1. The van der Waals surface area contributed by atoms with Crippen molar-refractivity contribution in [2.24, 2.45) is 0 Å². The Hall–Kier alpha value is -2.03. The van der Waals surface area contributed by atoms with E-state index in [0.717, 1.165) is 5.56 Å². The highest BCUT2D eigenvalue weighted by atomic mass is 16.2. The van der Waals surface area contributed by atoms with Gasteiger partial charge in [-0.1, -0.05) is 12.2 Å². The molecule has 3 nitrogen and oxygen atoms in total. The van der Waals surface area contributed by atoms with Gasteiger partial charge in [0.15, 0.2) is 0 Å². The number of nitrogen functional groups attached to an aromatic ring is 1. The van der Waals surface area contributed by atoms with Crippen LogP contribution in [-0.4, -0.2) is 23.9 Å². The number of rotatable bonds is 5. The molecule has 2 N–H and O–H groups in total. The van der Waals surface area contributed by atoms with Crippen LogP contribution in [-0.2, 0) is 0 Å². The van der Waals surface area contributed by atoms with Crippen molar-refractivity contribution in [1.82, 2.24) is 4.90 Å². The standard InChI is InChI=1S/C14H18N2O/c1-4-8-16(9-5-2)14(17)12-6-7-13(15)11(3)10-12/h4-7,10H,1-2,8-9,15H2,3H3. The molecule has 0 radical (unpaired) electrons. The summed E-state index contributed by atoms with van der Waals surface area (Å²) in [6.07, 6.45) is 3.40. The average molecular weight is 230 g/mol. The minimum atomic E-state index is -0.0344. The van der Waals surface area contributed by atoms with Gasteiger partial charge in [0.1, 0.15) is 0 Å². The van der Waals surface area contributed by atoms with E-state index in [0.29, 0.717) is 24.3 Å². The molecule has 1 amide bonds. The highest BCUT2D eigenvalue weighted by Gasteiger charge is 2.13. The average Bonchev–Trinajstić information content (AvgIpc) is 2.31. The molecule has 0 atom stereocenters. The van der Waals surface area contributed by atoms with Crippen LogP contribution in [0.3, 0.4) is 0 Å². The normalized spacial score (nSPS) is 9.71. The maximum Gasteiger partial charge on any atom is 0.254 e. The van der Waals surface area contributed by atoms with E-state index >= 15 is 0 Å². The summed E-state index contributed by atoms with van der Waals surface area (Å²) in [7, 11) is 0. The highest BCUT2D eigenvalue weighted by molar-refractivity contribution is 5.95. The molecule has 0 aliphatic rings. The molecule has 0 unspecified atom stereocenters. The third-order valence-corrected chi connectivity index (χ3v) is 2.50. The number of carbonyl (C=O) groups is 1. The molecule has 0 spiro atoms. The first-order chi connectivity index (χ1) is 8.10. The zero-order chi connectivity index (χ0) is 12.8. The van der Waals surface area contributed by atoms with Crippen LogP contribution in [0.2, 0.25) is 0 Å². The maximum absolute atomic E-state index is 12.2. The fourth-order valence-electron chi connectivity index (χ4n) is 1.54. The van der Waals surface area contributed by atoms with Crippen molar-refractivity contribution in [2.45, 2.75) is 6.92 Å². The zero-order valence-corrected chi connectivity index (χ0v) is 10.1. The van der Waals surface area contributed by atoms with E-state index in [1.54, 1.807) is 35.3 Å². The van der Waals surface area contributed by atoms with Gasteiger partial charge in [-0.3, -0.25) is 4.79 Å². The summed E-state index contributed by atoms with van der Waals surface area (Å²) < 4.78 is 0. The van der Waals surface area contributed by atoms with Gasteiger partial charge in [0.25, 0.3) is 5.91 Å². The SMILES string of the molecule is C=CCN(CC=C)C(=O)c1ccc(N)c(C)c1. The van der Waals surface area contributed by atoms with Crippen LogP contribution >= 0.6 is 0 Å². The second-order valence-corrected chi connectivity index (χ2v) is 3.86. The van der Waals surface area contributed by atoms with Crippen LogP contribution in [0.4, 0.5) is 5.69 Å². The predicted octanol–water partition coefficient (Wildman–Crippen LogP) is 2.39. The number of hydrogen-bond donors (Lipinski definition) is 1. The smallest absolute Gasteiger partial charge is 0.254 e. The van der Waals surface area contributed by atoms with Crippen molar-refractivity contribution >= 4 is 11.6 Å². The second-order valence-electron chi connectivity index (χ2n) is 3.86. The fraction of sp³-hybridized carbons (Fsp3) is 0.214. The van der Waals surface area contributed by atoms with E-state index in [9.17, 15) is 4.79 Å². The fourth-order valence-corrected chi connectivity index (χ4v) is 1.54. The van der Waals surface area contributed by atoms with Crippen molar-refractivity contribution in [1.29, 1.82) is 0 Å². The largest absolute Gasteiger partial charge is 0.399 e. The van der Waals surface area contributed by atoms with Crippen LogP contribution in [0.25, 0.3) is 0 Å². The lowest BCUT2D eigenvalue weighted by atomic mass is 10.1. The molecule has 0 aromatic heterocycles. The third kappa shape index (κ3) is 3.21. The predicted molar refractivity (Wildman–Crippen MR) is 71.9 cm³/mol. The Bertz CT molecular complexity index is 428. The first-order valence-corrected chi connectivity index (χ1v) is 5.47. The Morgan fingerprint density at radius 1 is 1.35 bits per heavy atom. The van der Waals surface area contributed by atoms with Crippen molar-refractivity contribution in [2.75, 3.05) is 18.8 Å². The second kappa shape index (κ2) is 5.89. The van der Waals surface area contributed by atoms with Gasteiger partial charge >= 0.3 is 0 Å². The molecule has 17 heavy (non-hydrogen) atoms. The number of nitrogens with two attached hydrogens (primary N) is 1. The van der Waals surface area contributed by atoms with Gasteiger partial charge in [0.05, 0.1) is 0 Å². The third-order valence-electron chi connectivity index (χ3n) is 2.50. The Balaban J connectivity index is 2.95. The Morgan fingerprint density at radius 2 is 1.94 bits per heavy atom. The van der Waals surface area contributed by atoms with Gasteiger partial charge in [-0.15, -0.1) is 13.2 Å². The van der Waals surface area contributed by atoms with Crippen LogP contribution < -0.4 is 5.73 Å². The Kier molecular flexibility index (Phi) is 4.52. The Labute approximate surface area is 102 Å². The van der Waals surface area contributed by atoms with Gasteiger partial charge in [-0.25, -0.2) is 0 Å². The lowest BCUT2D eigenvalue weighted by Gasteiger charge is -2.19. The van der Waals surface area contributed by atoms with Crippen molar-refractivity contribution in [3.8, 4) is 0 Å². The quantitative estimate of drug-likeness (QED) is 0.623. The molecule has 1 aromatic carbocycles. The molecule has 90 valence electrons. The molecule has 0 aliphatic carbocycles. The van der Waals surface area contributed by atoms with Gasteiger partial charge in [-0.05, 0) is 30.7 Å². The van der Waals surface area contributed by atoms with Crippen LogP contribution in [0.15, 0.2) is 43.5 Å². The van der Waals surface area contributed by atoms with E-state index in [-0.39, 0.29) is 5.91 Å². The number of benzene rings is 1. The number of nitrogens with zero attached hydrogens (tertiary/aromatic N) is 1. The summed E-state index contributed by atoms with van der Waals surface area (Å²) in [6.45, 7) is 10.2. The van der Waals surface area contributed by atoms with Crippen molar-refractivity contribution < 1.29 is 4.79 Å². The lowest BCUT2D eigenvalue weighted by molar-refractivity contribution is 0.0791. The summed E-state index contributed by atoms with van der Waals surface area (Å²) in [6, 6.07) is 5.29. The number of hydrogen-bond acceptors (Lipinski definition) is 2. The molecule has 0 heterocycles. The van der Waals surface area contributed by atoms with Crippen molar-refractivity contribution in [3.05, 3.63) is 54.6 Å². The van der Waals surface area contributed by atoms with Crippen LogP contribution in [0.5, 0.6) is 0 Å². The number of aryl methyl sites for hydroxylation is 1. The Morgan fingerprint density at radius 3 is 2.41 bits per heavy atom. The van der Waals surface area contributed by atoms with Gasteiger partial charge < -0.3 is 10.6 Å². The molecule has 0 aliphatic heterocycles. The van der Waals surface area contributed by atoms with Gasteiger partial charge in [0.2, 0.25) is 0 Å². The number of anilines is 1. The van der Waals surface area contributed by atoms with E-state index < -0.39 is 0 Å². The summed E-state index contributed by atoms with van der Waals surface area (Å²) >= 11 is 0. The minimum Gasteiger partial charge on any atom is -0.399 e. The monoisotopic (exact) mass is 230 g/mol. The molecule has 0 saturated heterocycles. The molecule has 1 aromatic rings. The topological polar surface area (TPSA) is 46.3 Å². The molecule has 3 heteroatoms. The van der Waals surface area contributed by atoms with E-state index in [1.807, 2.05) is 6.92 Å². The van der Waals surface area contributed by atoms with Crippen LogP contribution in [0.1, 0.15) is 15.9 Å². The molecule has 0 bridgehead atoms. The summed E-state index contributed by atoms with van der Waals surface area (Å²) in [5, 5.41) is 0. The van der Waals surface area contributed by atoms with E-state index in [1.165, 1.54) is 0 Å². The van der Waals surface area contributed by atoms with E-state index in [2.05, 4.69) is 13.2 Å². The number of amides is 1. The molecular formula is C14H18N2O. The minimum absolute atomic E-state index is 0.0344. The van der Waals surface area contributed by atoms with Crippen LogP contribution in [0, 0.1) is 6.92 Å². The zero-order valence-electron chi connectivity index (χ0n) is 10.1. The highest BCUT2D eigenvalue weighted by Crippen LogP contribution is 2.14. The summed E-state index contributed by atoms with van der Waals surface area (Å²) in [5.74, 6) is -0.0344. The molecule has 0 fully saturated rings.